The number of hydrogen-bond acceptors (Lipinski definition) is 2. The number of nitrogens with one attached hydrogen (secondary N) is 1. The lowest BCUT2D eigenvalue weighted by molar-refractivity contribution is 0.0947. The lowest BCUT2D eigenvalue weighted by atomic mass is 9.93. The summed E-state index contributed by atoms with van der Waals surface area (Å²) in [4.78, 5) is 0. The molecule has 0 spiro atoms. The van der Waals surface area contributed by atoms with Gasteiger partial charge in [0.15, 0.2) is 0 Å². The third-order valence-electron chi connectivity index (χ3n) is 3.94. The van der Waals surface area contributed by atoms with Gasteiger partial charge in [-0.1, -0.05) is 34.1 Å². The SMILES string of the molecule is CCCNC1CCCC1CCOCCC(C)(C)C. The zero-order chi connectivity index (χ0) is 13.4. The summed E-state index contributed by atoms with van der Waals surface area (Å²) in [6.07, 6.45) is 7.80. The van der Waals surface area contributed by atoms with Gasteiger partial charge in [0, 0.05) is 19.3 Å². The summed E-state index contributed by atoms with van der Waals surface area (Å²) >= 11 is 0. The maximum Gasteiger partial charge on any atom is 0.0471 e. The molecule has 2 nitrogen and oxygen atoms in total. The highest BCUT2D eigenvalue weighted by molar-refractivity contribution is 4.82. The summed E-state index contributed by atoms with van der Waals surface area (Å²) in [6.45, 7) is 12.1. The van der Waals surface area contributed by atoms with Crippen molar-refractivity contribution in [2.24, 2.45) is 11.3 Å². The van der Waals surface area contributed by atoms with Gasteiger partial charge in [0.1, 0.15) is 0 Å². The van der Waals surface area contributed by atoms with Crippen LogP contribution in [0, 0.1) is 11.3 Å². The summed E-state index contributed by atoms with van der Waals surface area (Å²) in [6, 6.07) is 0.760. The fraction of sp³-hybridized carbons (Fsp3) is 1.00. The molecule has 1 N–H and O–H groups in total. The van der Waals surface area contributed by atoms with Crippen LogP contribution in [0.1, 0.15) is 66.2 Å². The molecule has 18 heavy (non-hydrogen) atoms. The van der Waals surface area contributed by atoms with Gasteiger partial charge in [-0.25, -0.2) is 0 Å². The Bertz CT molecular complexity index is 210. The first kappa shape index (κ1) is 16.0. The summed E-state index contributed by atoms with van der Waals surface area (Å²) in [5.41, 5.74) is 0.401. The number of hydrogen-bond donors (Lipinski definition) is 1. The Balaban J connectivity index is 2.07. The standard InChI is InChI=1S/C16H33NO/c1-5-11-17-15-8-6-7-14(15)9-12-18-13-10-16(2,3)4/h14-15,17H,5-13H2,1-4H3. The van der Waals surface area contributed by atoms with E-state index in [1.807, 2.05) is 0 Å². The molecule has 1 aliphatic rings. The van der Waals surface area contributed by atoms with Gasteiger partial charge in [-0.15, -0.1) is 0 Å². The summed E-state index contributed by atoms with van der Waals surface area (Å²) in [7, 11) is 0. The minimum Gasteiger partial charge on any atom is -0.381 e. The van der Waals surface area contributed by atoms with E-state index in [0.29, 0.717) is 5.41 Å². The van der Waals surface area contributed by atoms with E-state index in [4.69, 9.17) is 4.74 Å². The van der Waals surface area contributed by atoms with E-state index in [-0.39, 0.29) is 0 Å². The van der Waals surface area contributed by atoms with Crippen LogP contribution >= 0.6 is 0 Å². The topological polar surface area (TPSA) is 21.3 Å². The largest absolute Gasteiger partial charge is 0.381 e. The van der Waals surface area contributed by atoms with Crippen molar-refractivity contribution in [3.8, 4) is 0 Å². The minimum atomic E-state index is 0.401. The van der Waals surface area contributed by atoms with Gasteiger partial charge in [0.2, 0.25) is 0 Å². The van der Waals surface area contributed by atoms with Gasteiger partial charge in [-0.05, 0) is 50.0 Å². The highest BCUT2D eigenvalue weighted by Crippen LogP contribution is 2.28. The molecule has 2 atom stereocenters. The molecule has 1 saturated carbocycles. The fourth-order valence-corrected chi connectivity index (χ4v) is 2.70. The number of ether oxygens (including phenoxy) is 1. The average molecular weight is 255 g/mol. The molecule has 0 radical (unpaired) electrons. The monoisotopic (exact) mass is 255 g/mol. The minimum absolute atomic E-state index is 0.401. The van der Waals surface area contributed by atoms with Crippen molar-refractivity contribution in [2.45, 2.75) is 72.3 Å². The molecule has 108 valence electrons. The zero-order valence-electron chi connectivity index (χ0n) is 12.9. The van der Waals surface area contributed by atoms with Gasteiger partial charge in [-0.2, -0.15) is 0 Å². The van der Waals surface area contributed by atoms with Crippen LogP contribution in [-0.4, -0.2) is 25.8 Å². The van der Waals surface area contributed by atoms with E-state index in [0.717, 1.165) is 31.6 Å². The normalized spacial score (nSPS) is 24.7. The molecular formula is C16H33NO. The van der Waals surface area contributed by atoms with Gasteiger partial charge in [-0.3, -0.25) is 0 Å². The van der Waals surface area contributed by atoms with E-state index in [2.05, 4.69) is 33.0 Å². The van der Waals surface area contributed by atoms with E-state index < -0.39 is 0 Å². The van der Waals surface area contributed by atoms with E-state index >= 15 is 0 Å². The Morgan fingerprint density at radius 2 is 1.94 bits per heavy atom. The van der Waals surface area contributed by atoms with Crippen molar-refractivity contribution in [1.82, 2.24) is 5.32 Å². The maximum atomic E-state index is 5.80. The van der Waals surface area contributed by atoms with Crippen LogP contribution in [0.25, 0.3) is 0 Å². The number of rotatable bonds is 8. The molecule has 0 aliphatic heterocycles. The molecule has 1 aliphatic carbocycles. The lowest BCUT2D eigenvalue weighted by Crippen LogP contribution is -2.33. The molecule has 1 rings (SSSR count). The molecule has 0 aromatic rings. The molecule has 0 amide bonds. The molecule has 0 saturated heterocycles. The van der Waals surface area contributed by atoms with Crippen LogP contribution in [0.2, 0.25) is 0 Å². The van der Waals surface area contributed by atoms with Gasteiger partial charge in [0.25, 0.3) is 0 Å². The quantitative estimate of drug-likeness (QED) is 0.662. The predicted octanol–water partition coefficient (Wildman–Crippen LogP) is 4.00. The molecule has 0 aromatic carbocycles. The van der Waals surface area contributed by atoms with Crippen LogP contribution in [0.4, 0.5) is 0 Å². The van der Waals surface area contributed by atoms with Crippen LogP contribution < -0.4 is 5.32 Å². The molecule has 0 heterocycles. The molecule has 2 unspecified atom stereocenters. The van der Waals surface area contributed by atoms with Gasteiger partial charge >= 0.3 is 0 Å². The van der Waals surface area contributed by atoms with Crippen molar-refractivity contribution in [2.75, 3.05) is 19.8 Å². The van der Waals surface area contributed by atoms with E-state index in [1.165, 1.54) is 38.6 Å². The second kappa shape index (κ2) is 8.16. The first-order chi connectivity index (χ1) is 8.53. The molecule has 2 heteroatoms. The van der Waals surface area contributed by atoms with E-state index in [9.17, 15) is 0 Å². The van der Waals surface area contributed by atoms with Crippen molar-refractivity contribution < 1.29 is 4.74 Å². The smallest absolute Gasteiger partial charge is 0.0471 e. The van der Waals surface area contributed by atoms with Crippen LogP contribution in [0.15, 0.2) is 0 Å². The first-order valence-corrected chi connectivity index (χ1v) is 7.84. The Morgan fingerprint density at radius 3 is 2.61 bits per heavy atom. The van der Waals surface area contributed by atoms with Crippen LogP contribution in [0.5, 0.6) is 0 Å². The van der Waals surface area contributed by atoms with Crippen molar-refractivity contribution in [1.29, 1.82) is 0 Å². The second-order valence-electron chi connectivity index (χ2n) is 6.96. The molecule has 0 bridgehead atoms. The Labute approximate surface area is 114 Å². The van der Waals surface area contributed by atoms with E-state index in [1.54, 1.807) is 0 Å². The Morgan fingerprint density at radius 1 is 1.17 bits per heavy atom. The first-order valence-electron chi connectivity index (χ1n) is 7.84. The van der Waals surface area contributed by atoms with Gasteiger partial charge < -0.3 is 10.1 Å². The third-order valence-corrected chi connectivity index (χ3v) is 3.94. The summed E-state index contributed by atoms with van der Waals surface area (Å²) in [5.74, 6) is 0.853. The van der Waals surface area contributed by atoms with Crippen molar-refractivity contribution in [3.05, 3.63) is 0 Å². The Hall–Kier alpha value is -0.0800. The van der Waals surface area contributed by atoms with Crippen molar-refractivity contribution >= 4 is 0 Å². The second-order valence-corrected chi connectivity index (χ2v) is 6.96. The summed E-state index contributed by atoms with van der Waals surface area (Å²) in [5, 5.41) is 3.69. The lowest BCUT2D eigenvalue weighted by Gasteiger charge is -2.21. The molecule has 1 fully saturated rings. The molecule has 0 aromatic heterocycles. The summed E-state index contributed by atoms with van der Waals surface area (Å²) < 4.78 is 5.80. The van der Waals surface area contributed by atoms with Crippen molar-refractivity contribution in [3.63, 3.8) is 0 Å². The highest BCUT2D eigenvalue weighted by atomic mass is 16.5. The van der Waals surface area contributed by atoms with Crippen LogP contribution in [-0.2, 0) is 4.74 Å². The maximum absolute atomic E-state index is 5.80. The predicted molar refractivity (Wildman–Crippen MR) is 78.9 cm³/mol. The third kappa shape index (κ3) is 6.75. The van der Waals surface area contributed by atoms with Crippen LogP contribution in [0.3, 0.4) is 0 Å². The highest BCUT2D eigenvalue weighted by Gasteiger charge is 2.26. The fourth-order valence-electron chi connectivity index (χ4n) is 2.70. The average Bonchev–Trinajstić information content (AvgIpc) is 2.72. The van der Waals surface area contributed by atoms with Gasteiger partial charge in [0.05, 0.1) is 0 Å². The molecular weight excluding hydrogens is 222 g/mol. The Kier molecular flexibility index (Phi) is 7.25. The zero-order valence-corrected chi connectivity index (χ0v) is 12.9.